The standard InChI is InChI=1S/C9H15N3O3/c1-6(10)4-5-12(9(11)14)7(2)8(13)15-3/h4-5,7H,1,10H2,2-3H3,(H2,11,14)/b5-4-. The lowest BCUT2D eigenvalue weighted by Gasteiger charge is -2.21. The van der Waals surface area contributed by atoms with Crippen molar-refractivity contribution in [2.24, 2.45) is 11.5 Å². The second kappa shape index (κ2) is 5.69. The van der Waals surface area contributed by atoms with Crippen LogP contribution < -0.4 is 11.5 Å². The van der Waals surface area contributed by atoms with Gasteiger partial charge in [0.25, 0.3) is 0 Å². The number of hydrogen-bond donors (Lipinski definition) is 2. The zero-order valence-corrected chi connectivity index (χ0v) is 8.77. The molecule has 0 radical (unpaired) electrons. The molecule has 1 unspecified atom stereocenters. The summed E-state index contributed by atoms with van der Waals surface area (Å²) < 4.78 is 4.47. The fraction of sp³-hybridized carbons (Fsp3) is 0.333. The number of nitrogens with zero attached hydrogens (tertiary/aromatic N) is 1. The lowest BCUT2D eigenvalue weighted by molar-refractivity contribution is -0.144. The van der Waals surface area contributed by atoms with Gasteiger partial charge in [-0.25, -0.2) is 9.59 Å². The molecule has 1 atom stereocenters. The van der Waals surface area contributed by atoms with Crippen molar-refractivity contribution in [3.8, 4) is 0 Å². The molecule has 0 bridgehead atoms. The van der Waals surface area contributed by atoms with Gasteiger partial charge in [-0.15, -0.1) is 0 Å². The summed E-state index contributed by atoms with van der Waals surface area (Å²) in [5.41, 5.74) is 10.6. The fourth-order valence-corrected chi connectivity index (χ4v) is 0.854. The highest BCUT2D eigenvalue weighted by Gasteiger charge is 2.22. The van der Waals surface area contributed by atoms with Crippen LogP contribution >= 0.6 is 0 Å². The molecule has 84 valence electrons. The lowest BCUT2D eigenvalue weighted by atomic mass is 10.3. The number of allylic oxidation sites excluding steroid dienone is 1. The zero-order valence-electron chi connectivity index (χ0n) is 8.77. The van der Waals surface area contributed by atoms with Gasteiger partial charge in [-0.1, -0.05) is 6.58 Å². The highest BCUT2D eigenvalue weighted by molar-refractivity contribution is 5.83. The Bertz CT molecular complexity index is 299. The largest absolute Gasteiger partial charge is 0.467 e. The Balaban J connectivity index is 4.74. The Morgan fingerprint density at radius 2 is 2.00 bits per heavy atom. The van der Waals surface area contributed by atoms with Gasteiger partial charge < -0.3 is 16.2 Å². The molecule has 0 rings (SSSR count). The van der Waals surface area contributed by atoms with E-state index in [0.717, 1.165) is 4.90 Å². The summed E-state index contributed by atoms with van der Waals surface area (Å²) >= 11 is 0. The van der Waals surface area contributed by atoms with Crippen molar-refractivity contribution in [3.05, 3.63) is 24.6 Å². The average Bonchev–Trinajstić information content (AvgIpc) is 2.15. The number of amides is 2. The van der Waals surface area contributed by atoms with Crippen LogP contribution in [-0.4, -0.2) is 30.1 Å². The summed E-state index contributed by atoms with van der Waals surface area (Å²) in [7, 11) is 1.23. The maximum Gasteiger partial charge on any atom is 0.328 e. The third-order valence-electron chi connectivity index (χ3n) is 1.66. The third kappa shape index (κ3) is 4.17. The first-order valence-corrected chi connectivity index (χ1v) is 4.18. The number of primary amides is 1. The van der Waals surface area contributed by atoms with Crippen molar-refractivity contribution < 1.29 is 14.3 Å². The minimum Gasteiger partial charge on any atom is -0.467 e. The molecule has 0 aromatic carbocycles. The molecule has 0 fully saturated rings. The van der Waals surface area contributed by atoms with Gasteiger partial charge in [-0.3, -0.25) is 4.90 Å². The number of carbonyl (C=O) groups excluding carboxylic acids is 2. The van der Waals surface area contributed by atoms with E-state index in [4.69, 9.17) is 11.5 Å². The molecule has 0 heterocycles. The van der Waals surface area contributed by atoms with Crippen LogP contribution in [0.15, 0.2) is 24.6 Å². The minimum absolute atomic E-state index is 0.248. The predicted molar refractivity (Wildman–Crippen MR) is 55.4 cm³/mol. The molecular formula is C9H15N3O3. The van der Waals surface area contributed by atoms with E-state index in [-0.39, 0.29) is 5.70 Å². The average molecular weight is 213 g/mol. The molecule has 0 aliphatic heterocycles. The summed E-state index contributed by atoms with van der Waals surface area (Å²) in [6.45, 7) is 4.89. The van der Waals surface area contributed by atoms with Crippen molar-refractivity contribution in [2.45, 2.75) is 13.0 Å². The molecule has 15 heavy (non-hydrogen) atoms. The summed E-state index contributed by atoms with van der Waals surface area (Å²) in [6.07, 6.45) is 2.65. The molecule has 6 heteroatoms. The van der Waals surface area contributed by atoms with Crippen LogP contribution in [0.1, 0.15) is 6.92 Å². The first-order chi connectivity index (χ1) is 6.90. The molecule has 0 saturated carbocycles. The molecule has 0 aliphatic carbocycles. The summed E-state index contributed by atoms with van der Waals surface area (Å²) in [6, 6.07) is -1.58. The van der Waals surface area contributed by atoms with E-state index >= 15 is 0 Å². The molecule has 2 amide bonds. The SMILES string of the molecule is C=C(N)/C=C\N(C(N)=O)C(C)C(=O)OC. The fourth-order valence-electron chi connectivity index (χ4n) is 0.854. The van der Waals surface area contributed by atoms with Crippen LogP contribution in [0.2, 0.25) is 0 Å². The molecule has 0 aliphatic rings. The quantitative estimate of drug-likeness (QED) is 0.503. The van der Waals surface area contributed by atoms with Crippen LogP contribution in [0.25, 0.3) is 0 Å². The van der Waals surface area contributed by atoms with E-state index in [0.29, 0.717) is 0 Å². The van der Waals surface area contributed by atoms with Crippen LogP contribution in [0.4, 0.5) is 4.79 Å². The Labute approximate surface area is 88.2 Å². The van der Waals surface area contributed by atoms with E-state index in [1.165, 1.54) is 26.3 Å². The van der Waals surface area contributed by atoms with Crippen molar-refractivity contribution in [3.63, 3.8) is 0 Å². The summed E-state index contributed by atoms with van der Waals surface area (Å²) in [4.78, 5) is 23.1. The van der Waals surface area contributed by atoms with E-state index in [9.17, 15) is 9.59 Å². The molecular weight excluding hydrogens is 198 g/mol. The van der Waals surface area contributed by atoms with Crippen LogP contribution in [-0.2, 0) is 9.53 Å². The predicted octanol–water partition coefficient (Wildman–Crippen LogP) is -0.0853. The second-order valence-corrected chi connectivity index (χ2v) is 2.84. The van der Waals surface area contributed by atoms with Crippen molar-refractivity contribution >= 4 is 12.0 Å². The zero-order chi connectivity index (χ0) is 12.0. The molecule has 0 saturated heterocycles. The monoisotopic (exact) mass is 213 g/mol. The highest BCUT2D eigenvalue weighted by atomic mass is 16.5. The van der Waals surface area contributed by atoms with Gasteiger partial charge in [0.05, 0.1) is 7.11 Å². The molecule has 0 aromatic heterocycles. The third-order valence-corrected chi connectivity index (χ3v) is 1.66. The number of methoxy groups -OCH3 is 1. The number of hydrogen-bond acceptors (Lipinski definition) is 4. The second-order valence-electron chi connectivity index (χ2n) is 2.84. The van der Waals surface area contributed by atoms with Crippen LogP contribution in [0.3, 0.4) is 0 Å². The number of nitrogens with two attached hydrogens (primary N) is 2. The van der Waals surface area contributed by atoms with E-state index in [2.05, 4.69) is 11.3 Å². The molecule has 6 nitrogen and oxygen atoms in total. The first kappa shape index (κ1) is 13.0. The number of rotatable bonds is 4. The summed E-state index contributed by atoms with van der Waals surface area (Å²) in [5, 5.41) is 0. The van der Waals surface area contributed by atoms with Crippen LogP contribution in [0.5, 0.6) is 0 Å². The maximum atomic E-state index is 11.1. The number of urea groups is 1. The Hall–Kier alpha value is -1.98. The van der Waals surface area contributed by atoms with Crippen molar-refractivity contribution in [1.29, 1.82) is 0 Å². The van der Waals surface area contributed by atoms with Gasteiger partial charge in [-0.05, 0) is 13.0 Å². The number of carbonyl (C=O) groups is 2. The normalized spacial score (nSPS) is 12.1. The topological polar surface area (TPSA) is 98.6 Å². The Morgan fingerprint density at radius 3 is 2.33 bits per heavy atom. The molecule has 0 aromatic rings. The van der Waals surface area contributed by atoms with Gasteiger partial charge in [0.15, 0.2) is 0 Å². The highest BCUT2D eigenvalue weighted by Crippen LogP contribution is 2.02. The summed E-state index contributed by atoms with van der Waals surface area (Å²) in [5.74, 6) is -0.568. The van der Waals surface area contributed by atoms with Gasteiger partial charge in [-0.2, -0.15) is 0 Å². The van der Waals surface area contributed by atoms with E-state index < -0.39 is 18.0 Å². The van der Waals surface area contributed by atoms with Gasteiger partial charge in [0.2, 0.25) is 0 Å². The van der Waals surface area contributed by atoms with Crippen LogP contribution in [0, 0.1) is 0 Å². The Kier molecular flexibility index (Phi) is 4.94. The van der Waals surface area contributed by atoms with Crippen molar-refractivity contribution in [2.75, 3.05) is 7.11 Å². The number of esters is 1. The minimum atomic E-state index is -0.803. The maximum absolute atomic E-state index is 11.1. The van der Waals surface area contributed by atoms with Gasteiger partial charge >= 0.3 is 12.0 Å². The molecule has 4 N–H and O–H groups in total. The number of ether oxygens (including phenoxy) is 1. The van der Waals surface area contributed by atoms with E-state index in [1.54, 1.807) is 0 Å². The smallest absolute Gasteiger partial charge is 0.328 e. The van der Waals surface area contributed by atoms with Gasteiger partial charge in [0.1, 0.15) is 6.04 Å². The first-order valence-electron chi connectivity index (χ1n) is 4.18. The Morgan fingerprint density at radius 1 is 1.47 bits per heavy atom. The van der Waals surface area contributed by atoms with Crippen molar-refractivity contribution in [1.82, 2.24) is 4.90 Å². The molecule has 0 spiro atoms. The van der Waals surface area contributed by atoms with Gasteiger partial charge in [0, 0.05) is 11.9 Å². The lowest BCUT2D eigenvalue weighted by Crippen LogP contribution is -2.43. The van der Waals surface area contributed by atoms with E-state index in [1.807, 2.05) is 0 Å².